The van der Waals surface area contributed by atoms with E-state index in [0.29, 0.717) is 12.7 Å². The Hall–Kier alpha value is -1.10. The summed E-state index contributed by atoms with van der Waals surface area (Å²) in [6, 6.07) is 8.05. The number of benzene rings is 1. The third-order valence-corrected chi connectivity index (χ3v) is 4.72. The molecular formula is C18H27ClN2O2. The van der Waals surface area contributed by atoms with Gasteiger partial charge in [-0.1, -0.05) is 25.0 Å². The summed E-state index contributed by atoms with van der Waals surface area (Å²) in [5, 5.41) is 6.31. The molecule has 1 aliphatic heterocycles. The molecule has 0 bridgehead atoms. The van der Waals surface area contributed by atoms with Crippen LogP contribution in [0.2, 0.25) is 0 Å². The fraction of sp³-hybridized carbons (Fsp3) is 0.611. The molecule has 128 valence electrons. The van der Waals surface area contributed by atoms with Gasteiger partial charge in [0, 0.05) is 11.6 Å². The Morgan fingerprint density at radius 1 is 1.09 bits per heavy atom. The second kappa shape index (κ2) is 9.26. The lowest BCUT2D eigenvalue weighted by molar-refractivity contribution is -0.120. The molecule has 23 heavy (non-hydrogen) atoms. The van der Waals surface area contributed by atoms with Crippen LogP contribution in [0.4, 0.5) is 5.69 Å². The summed E-state index contributed by atoms with van der Waals surface area (Å²) in [5.74, 6) is 0.295. The van der Waals surface area contributed by atoms with Gasteiger partial charge >= 0.3 is 0 Å². The van der Waals surface area contributed by atoms with Gasteiger partial charge in [-0.2, -0.15) is 0 Å². The molecule has 2 N–H and O–H groups in total. The largest absolute Gasteiger partial charge is 0.374 e. The first-order valence-corrected chi connectivity index (χ1v) is 8.53. The van der Waals surface area contributed by atoms with Crippen LogP contribution in [0.3, 0.4) is 0 Å². The Morgan fingerprint density at radius 3 is 2.39 bits per heavy atom. The molecule has 1 aromatic carbocycles. The zero-order valence-electron chi connectivity index (χ0n) is 13.6. The minimum absolute atomic E-state index is 0. The predicted molar refractivity (Wildman–Crippen MR) is 95.0 cm³/mol. The summed E-state index contributed by atoms with van der Waals surface area (Å²) in [6.07, 6.45) is 7.30. The van der Waals surface area contributed by atoms with Crippen LogP contribution in [-0.4, -0.2) is 25.1 Å². The van der Waals surface area contributed by atoms with Crippen molar-refractivity contribution in [3.63, 3.8) is 0 Å². The summed E-state index contributed by atoms with van der Waals surface area (Å²) < 4.78 is 5.91. The molecule has 4 nitrogen and oxygen atoms in total. The molecule has 1 saturated carbocycles. The zero-order valence-corrected chi connectivity index (χ0v) is 14.4. The lowest BCUT2D eigenvalue weighted by Gasteiger charge is -2.21. The highest BCUT2D eigenvalue weighted by Gasteiger charge is 2.20. The van der Waals surface area contributed by atoms with Crippen molar-refractivity contribution in [1.29, 1.82) is 0 Å². The van der Waals surface area contributed by atoms with Crippen LogP contribution >= 0.6 is 12.4 Å². The summed E-state index contributed by atoms with van der Waals surface area (Å²) in [7, 11) is 0. The van der Waals surface area contributed by atoms with Gasteiger partial charge in [0.2, 0.25) is 5.91 Å². The third kappa shape index (κ3) is 5.48. The highest BCUT2D eigenvalue weighted by atomic mass is 35.5. The van der Waals surface area contributed by atoms with Gasteiger partial charge in [-0.3, -0.25) is 4.79 Å². The van der Waals surface area contributed by atoms with Crippen LogP contribution in [0.1, 0.15) is 44.1 Å². The predicted octanol–water partition coefficient (Wildman–Crippen LogP) is 3.51. The normalized spacial score (nSPS) is 19.3. The van der Waals surface area contributed by atoms with Gasteiger partial charge in [-0.05, 0) is 56.5 Å². The molecule has 1 heterocycles. The van der Waals surface area contributed by atoms with E-state index in [1.807, 2.05) is 24.3 Å². The number of carbonyl (C=O) groups is 1. The van der Waals surface area contributed by atoms with E-state index in [1.165, 1.54) is 31.2 Å². The highest BCUT2D eigenvalue weighted by Crippen LogP contribution is 2.22. The molecule has 0 radical (unpaired) electrons. The van der Waals surface area contributed by atoms with Gasteiger partial charge in [0.1, 0.15) is 0 Å². The van der Waals surface area contributed by atoms with Crippen molar-refractivity contribution in [3.8, 4) is 0 Å². The molecule has 1 amide bonds. The number of hydrogen-bond donors (Lipinski definition) is 2. The van der Waals surface area contributed by atoms with Crippen molar-refractivity contribution >= 4 is 24.0 Å². The summed E-state index contributed by atoms with van der Waals surface area (Å²) in [6.45, 7) is 2.55. The molecule has 5 heteroatoms. The van der Waals surface area contributed by atoms with Crippen LogP contribution in [0.15, 0.2) is 24.3 Å². The van der Waals surface area contributed by atoms with E-state index in [-0.39, 0.29) is 24.2 Å². The van der Waals surface area contributed by atoms with Crippen LogP contribution in [0.5, 0.6) is 0 Å². The number of rotatable bonds is 5. The van der Waals surface area contributed by atoms with Crippen molar-refractivity contribution in [1.82, 2.24) is 5.32 Å². The molecule has 1 aromatic rings. The number of anilines is 1. The number of carbonyl (C=O) groups excluding carboxylic acids is 1. The highest BCUT2D eigenvalue weighted by molar-refractivity contribution is 5.92. The zero-order chi connectivity index (χ0) is 15.2. The maximum absolute atomic E-state index is 12.2. The van der Waals surface area contributed by atoms with Crippen LogP contribution in [0, 0.1) is 5.92 Å². The van der Waals surface area contributed by atoms with Gasteiger partial charge in [-0.25, -0.2) is 0 Å². The first kappa shape index (κ1) is 18.2. The van der Waals surface area contributed by atoms with Crippen molar-refractivity contribution in [2.45, 2.75) is 51.2 Å². The molecule has 0 atom stereocenters. The second-order valence-electron chi connectivity index (χ2n) is 6.43. The van der Waals surface area contributed by atoms with Gasteiger partial charge < -0.3 is 15.4 Å². The summed E-state index contributed by atoms with van der Waals surface area (Å²) in [4.78, 5) is 12.2. The Morgan fingerprint density at radius 2 is 1.74 bits per heavy atom. The van der Waals surface area contributed by atoms with Gasteiger partial charge in [-0.15, -0.1) is 12.4 Å². The molecule has 2 aliphatic rings. The molecule has 3 rings (SSSR count). The quantitative estimate of drug-likeness (QED) is 0.863. The van der Waals surface area contributed by atoms with E-state index < -0.39 is 0 Å². The van der Waals surface area contributed by atoms with Gasteiger partial charge in [0.25, 0.3) is 0 Å². The number of ether oxygens (including phenoxy) is 1. The number of amides is 1. The second-order valence-corrected chi connectivity index (χ2v) is 6.43. The molecule has 0 spiro atoms. The monoisotopic (exact) mass is 338 g/mol. The van der Waals surface area contributed by atoms with E-state index in [0.717, 1.165) is 31.6 Å². The van der Waals surface area contributed by atoms with Crippen molar-refractivity contribution in [3.05, 3.63) is 29.8 Å². The van der Waals surface area contributed by atoms with E-state index in [4.69, 9.17) is 4.74 Å². The van der Waals surface area contributed by atoms with Crippen LogP contribution in [-0.2, 0) is 16.1 Å². The average molecular weight is 339 g/mol. The van der Waals surface area contributed by atoms with Crippen LogP contribution in [0.25, 0.3) is 0 Å². The Labute approximate surface area is 144 Å². The Balaban J connectivity index is 0.00000192. The maximum Gasteiger partial charge on any atom is 0.227 e. The Bertz CT molecular complexity index is 480. The summed E-state index contributed by atoms with van der Waals surface area (Å²) >= 11 is 0. The van der Waals surface area contributed by atoms with Crippen molar-refractivity contribution in [2.75, 3.05) is 18.4 Å². The molecular weight excluding hydrogens is 312 g/mol. The van der Waals surface area contributed by atoms with Crippen molar-refractivity contribution in [2.24, 2.45) is 5.92 Å². The maximum atomic E-state index is 12.2. The minimum Gasteiger partial charge on any atom is -0.374 e. The topological polar surface area (TPSA) is 50.4 Å². The fourth-order valence-corrected chi connectivity index (χ4v) is 3.28. The number of hydrogen-bond acceptors (Lipinski definition) is 3. The lowest BCUT2D eigenvalue weighted by atomic mass is 9.97. The molecule has 1 aliphatic carbocycles. The first-order chi connectivity index (χ1) is 10.8. The standard InChI is InChI=1S/C18H26N2O2.ClH/c21-18(15-9-11-19-12-10-15)20-16-7-5-14(6-8-16)13-22-17-3-1-2-4-17;/h5-8,15,17,19H,1-4,9-13H2,(H,20,21);1H. The number of halogens is 1. The molecule has 0 unspecified atom stereocenters. The van der Waals surface area contributed by atoms with Gasteiger partial charge in [0.15, 0.2) is 0 Å². The molecule has 0 aromatic heterocycles. The SMILES string of the molecule is Cl.O=C(Nc1ccc(COC2CCCC2)cc1)C1CCNCC1. The van der Waals surface area contributed by atoms with E-state index in [9.17, 15) is 4.79 Å². The van der Waals surface area contributed by atoms with E-state index >= 15 is 0 Å². The average Bonchev–Trinajstić information content (AvgIpc) is 3.08. The fourth-order valence-electron chi connectivity index (χ4n) is 3.28. The third-order valence-electron chi connectivity index (χ3n) is 4.72. The first-order valence-electron chi connectivity index (χ1n) is 8.53. The Kier molecular flexibility index (Phi) is 7.34. The minimum atomic E-state index is 0. The van der Waals surface area contributed by atoms with E-state index in [2.05, 4.69) is 10.6 Å². The molecule has 2 fully saturated rings. The lowest BCUT2D eigenvalue weighted by Crippen LogP contribution is -2.34. The van der Waals surface area contributed by atoms with Gasteiger partial charge in [0.05, 0.1) is 12.7 Å². The van der Waals surface area contributed by atoms with E-state index in [1.54, 1.807) is 0 Å². The van der Waals surface area contributed by atoms with Crippen LogP contribution < -0.4 is 10.6 Å². The van der Waals surface area contributed by atoms with Crippen molar-refractivity contribution < 1.29 is 9.53 Å². The number of piperidine rings is 1. The smallest absolute Gasteiger partial charge is 0.227 e. The number of nitrogens with one attached hydrogen (secondary N) is 2. The molecule has 1 saturated heterocycles. The summed E-state index contributed by atoms with van der Waals surface area (Å²) in [5.41, 5.74) is 2.06.